The Morgan fingerprint density at radius 2 is 1.69 bits per heavy atom. The van der Waals surface area contributed by atoms with Gasteiger partial charge in [0, 0.05) is 0 Å². The molecule has 0 bridgehead atoms. The van der Waals surface area contributed by atoms with E-state index in [0.29, 0.717) is 6.07 Å². The van der Waals surface area contributed by atoms with Crippen LogP contribution in [0.25, 0.3) is 0 Å². The molecule has 0 amide bonds. The molecule has 72 valence electrons. The highest BCUT2D eigenvalue weighted by Crippen LogP contribution is 2.30. The van der Waals surface area contributed by atoms with E-state index < -0.39 is 23.3 Å². The van der Waals surface area contributed by atoms with Gasteiger partial charge < -0.3 is 5.11 Å². The van der Waals surface area contributed by atoms with E-state index in [2.05, 4.69) is 15.9 Å². The fourth-order valence-corrected chi connectivity index (χ4v) is 1.06. The molecule has 1 rings (SSSR count). The Hall–Kier alpha value is -0.620. The van der Waals surface area contributed by atoms with Gasteiger partial charge in [-0.25, -0.2) is 8.78 Å². The second kappa shape index (κ2) is 3.26. The van der Waals surface area contributed by atoms with Gasteiger partial charge in [-0.15, -0.1) is 0 Å². The SMILES string of the molecule is OC(F)(F)c1ccc(Br)c(F)c1F. The summed E-state index contributed by atoms with van der Waals surface area (Å²) in [6.07, 6.45) is -4.37. The van der Waals surface area contributed by atoms with E-state index in [1.807, 2.05) is 0 Å². The summed E-state index contributed by atoms with van der Waals surface area (Å²) in [5.41, 5.74) is -1.38. The van der Waals surface area contributed by atoms with E-state index in [-0.39, 0.29) is 4.47 Å². The molecule has 0 atom stereocenters. The van der Waals surface area contributed by atoms with Crippen LogP contribution in [0.2, 0.25) is 0 Å². The molecule has 1 nitrogen and oxygen atoms in total. The Labute approximate surface area is 79.1 Å². The van der Waals surface area contributed by atoms with Gasteiger partial charge in [-0.1, -0.05) is 0 Å². The van der Waals surface area contributed by atoms with Crippen LogP contribution in [-0.4, -0.2) is 5.11 Å². The summed E-state index contributed by atoms with van der Waals surface area (Å²) in [5.74, 6) is -3.21. The van der Waals surface area contributed by atoms with Gasteiger partial charge in [0.05, 0.1) is 10.0 Å². The zero-order valence-corrected chi connectivity index (χ0v) is 7.58. The van der Waals surface area contributed by atoms with E-state index in [0.717, 1.165) is 6.07 Å². The first-order chi connectivity index (χ1) is 5.84. The third-order valence-electron chi connectivity index (χ3n) is 1.36. The molecule has 0 unspecified atom stereocenters. The first kappa shape index (κ1) is 10.5. The highest BCUT2D eigenvalue weighted by molar-refractivity contribution is 9.10. The van der Waals surface area contributed by atoms with Crippen molar-refractivity contribution in [2.75, 3.05) is 0 Å². The lowest BCUT2D eigenvalue weighted by Gasteiger charge is -2.10. The van der Waals surface area contributed by atoms with Gasteiger partial charge >= 0.3 is 6.11 Å². The van der Waals surface area contributed by atoms with Crippen molar-refractivity contribution < 1.29 is 22.7 Å². The molecule has 0 saturated heterocycles. The molecular formula is C7H3BrF4O. The Morgan fingerprint density at radius 1 is 1.15 bits per heavy atom. The fourth-order valence-electron chi connectivity index (χ4n) is 0.758. The van der Waals surface area contributed by atoms with Crippen LogP contribution in [-0.2, 0) is 6.11 Å². The number of aliphatic hydroxyl groups is 1. The van der Waals surface area contributed by atoms with Gasteiger partial charge in [-0.2, -0.15) is 8.78 Å². The van der Waals surface area contributed by atoms with Gasteiger partial charge in [-0.3, -0.25) is 0 Å². The third kappa shape index (κ3) is 2.00. The molecule has 0 spiro atoms. The number of hydrogen-bond acceptors (Lipinski definition) is 1. The zero-order chi connectivity index (χ0) is 10.2. The molecule has 0 aliphatic carbocycles. The van der Waals surface area contributed by atoms with Crippen molar-refractivity contribution in [1.29, 1.82) is 0 Å². The van der Waals surface area contributed by atoms with Crippen molar-refractivity contribution >= 4 is 15.9 Å². The Morgan fingerprint density at radius 3 is 2.15 bits per heavy atom. The summed E-state index contributed by atoms with van der Waals surface area (Å²) in [4.78, 5) is 0. The summed E-state index contributed by atoms with van der Waals surface area (Å²) < 4.78 is 49.4. The molecule has 0 aromatic heterocycles. The molecule has 1 N–H and O–H groups in total. The van der Waals surface area contributed by atoms with E-state index >= 15 is 0 Å². The molecule has 0 aliphatic rings. The average Bonchev–Trinajstić information content (AvgIpc) is 1.98. The van der Waals surface area contributed by atoms with Crippen LogP contribution < -0.4 is 0 Å². The Bertz CT molecular complexity index is 334. The second-order valence-electron chi connectivity index (χ2n) is 2.26. The maximum atomic E-state index is 12.7. The van der Waals surface area contributed by atoms with Crippen molar-refractivity contribution in [3.05, 3.63) is 33.8 Å². The smallest absolute Gasteiger partial charge is 0.332 e. The number of halogens is 5. The maximum Gasteiger partial charge on any atom is 0.383 e. The number of benzene rings is 1. The van der Waals surface area contributed by atoms with Gasteiger partial charge in [0.2, 0.25) is 0 Å². The highest BCUT2D eigenvalue weighted by atomic mass is 79.9. The van der Waals surface area contributed by atoms with Crippen LogP contribution in [0.1, 0.15) is 5.56 Å². The maximum absolute atomic E-state index is 12.7. The van der Waals surface area contributed by atoms with Gasteiger partial charge in [0.1, 0.15) is 0 Å². The molecule has 0 radical (unpaired) electrons. The molecule has 0 aliphatic heterocycles. The summed E-state index contributed by atoms with van der Waals surface area (Å²) in [7, 11) is 0. The van der Waals surface area contributed by atoms with E-state index in [4.69, 9.17) is 5.11 Å². The lowest BCUT2D eigenvalue weighted by atomic mass is 10.2. The zero-order valence-electron chi connectivity index (χ0n) is 5.99. The van der Waals surface area contributed by atoms with E-state index in [1.54, 1.807) is 0 Å². The van der Waals surface area contributed by atoms with Crippen molar-refractivity contribution in [3.8, 4) is 0 Å². The largest absolute Gasteiger partial charge is 0.383 e. The Kier molecular flexibility index (Phi) is 2.63. The van der Waals surface area contributed by atoms with Crippen LogP contribution in [0, 0.1) is 11.6 Å². The van der Waals surface area contributed by atoms with Gasteiger partial charge in [0.25, 0.3) is 0 Å². The number of hydrogen-bond donors (Lipinski definition) is 1. The number of rotatable bonds is 1. The van der Waals surface area contributed by atoms with Crippen LogP contribution in [0.5, 0.6) is 0 Å². The van der Waals surface area contributed by atoms with Gasteiger partial charge in [-0.05, 0) is 28.1 Å². The lowest BCUT2D eigenvalue weighted by Crippen LogP contribution is -2.14. The lowest BCUT2D eigenvalue weighted by molar-refractivity contribution is -0.210. The van der Waals surface area contributed by atoms with Crippen molar-refractivity contribution in [1.82, 2.24) is 0 Å². The highest BCUT2D eigenvalue weighted by Gasteiger charge is 2.33. The topological polar surface area (TPSA) is 20.2 Å². The minimum atomic E-state index is -4.37. The predicted octanol–water partition coefficient (Wildman–Crippen LogP) is 2.77. The summed E-state index contributed by atoms with van der Waals surface area (Å²) >= 11 is 2.61. The van der Waals surface area contributed by atoms with E-state index in [9.17, 15) is 17.6 Å². The molecule has 13 heavy (non-hydrogen) atoms. The average molecular weight is 259 g/mol. The van der Waals surface area contributed by atoms with Gasteiger partial charge in [0.15, 0.2) is 11.6 Å². The normalized spacial score (nSPS) is 11.8. The van der Waals surface area contributed by atoms with Crippen LogP contribution in [0.15, 0.2) is 16.6 Å². The third-order valence-corrected chi connectivity index (χ3v) is 1.97. The quantitative estimate of drug-likeness (QED) is 0.607. The van der Waals surface area contributed by atoms with Crippen LogP contribution >= 0.6 is 15.9 Å². The first-order valence-electron chi connectivity index (χ1n) is 3.08. The Balaban J connectivity index is 3.35. The summed E-state index contributed by atoms with van der Waals surface area (Å²) in [6.45, 7) is 0. The minimum absolute atomic E-state index is 0.280. The summed E-state index contributed by atoms with van der Waals surface area (Å²) in [5, 5.41) is 8.13. The standard InChI is InChI=1S/C7H3BrF4O/c8-4-2-1-3(7(11,12)13)5(9)6(4)10/h1-2,13H. The minimum Gasteiger partial charge on any atom is -0.332 e. The molecule has 6 heteroatoms. The molecular weight excluding hydrogens is 256 g/mol. The molecule has 1 aromatic rings. The number of alkyl halides is 2. The second-order valence-corrected chi connectivity index (χ2v) is 3.12. The van der Waals surface area contributed by atoms with Crippen molar-refractivity contribution in [2.24, 2.45) is 0 Å². The van der Waals surface area contributed by atoms with E-state index in [1.165, 1.54) is 0 Å². The van der Waals surface area contributed by atoms with Crippen LogP contribution in [0.3, 0.4) is 0 Å². The summed E-state index contributed by atoms with van der Waals surface area (Å²) in [6, 6.07) is 1.49. The molecule has 0 fully saturated rings. The monoisotopic (exact) mass is 258 g/mol. The van der Waals surface area contributed by atoms with Crippen molar-refractivity contribution in [3.63, 3.8) is 0 Å². The molecule has 0 heterocycles. The first-order valence-corrected chi connectivity index (χ1v) is 3.87. The molecule has 1 aromatic carbocycles. The van der Waals surface area contributed by atoms with Crippen molar-refractivity contribution in [2.45, 2.75) is 6.11 Å². The predicted molar refractivity (Wildman–Crippen MR) is 40.2 cm³/mol. The fraction of sp³-hybridized carbons (Fsp3) is 0.143. The molecule has 0 saturated carbocycles. The van der Waals surface area contributed by atoms with Crippen LogP contribution in [0.4, 0.5) is 17.6 Å².